The maximum atomic E-state index is 10.5. The van der Waals surface area contributed by atoms with Crippen molar-refractivity contribution in [1.29, 1.82) is 0 Å². The normalized spacial score (nSPS) is 12.1. The second-order valence-corrected chi connectivity index (χ2v) is 5.63. The van der Waals surface area contributed by atoms with Crippen LogP contribution >= 0.6 is 11.8 Å². The van der Waals surface area contributed by atoms with Crippen LogP contribution in [0.15, 0.2) is 0 Å². The van der Waals surface area contributed by atoms with E-state index in [9.17, 15) is 4.79 Å². The Morgan fingerprint density at radius 1 is 1.33 bits per heavy atom. The van der Waals surface area contributed by atoms with Gasteiger partial charge >= 0.3 is 5.97 Å². The van der Waals surface area contributed by atoms with Gasteiger partial charge in [-0.25, -0.2) is 0 Å². The van der Waals surface area contributed by atoms with Gasteiger partial charge in [0.2, 0.25) is 0 Å². The molecule has 0 aliphatic heterocycles. The van der Waals surface area contributed by atoms with Crippen molar-refractivity contribution in [3.8, 4) is 0 Å². The van der Waals surface area contributed by atoms with E-state index in [0.29, 0.717) is 6.54 Å². The third-order valence-electron chi connectivity index (χ3n) is 2.32. The second kappa shape index (κ2) is 7.12. The van der Waals surface area contributed by atoms with E-state index in [4.69, 9.17) is 5.11 Å². The van der Waals surface area contributed by atoms with Gasteiger partial charge in [-0.2, -0.15) is 11.8 Å². The molecular weight excluding hydrogens is 210 g/mol. The molecule has 0 heterocycles. The number of carboxylic acids is 1. The van der Waals surface area contributed by atoms with E-state index in [0.717, 1.165) is 18.7 Å². The van der Waals surface area contributed by atoms with E-state index in [2.05, 4.69) is 31.9 Å². The van der Waals surface area contributed by atoms with Crippen LogP contribution in [0.2, 0.25) is 0 Å². The van der Waals surface area contributed by atoms with Crippen molar-refractivity contribution in [1.82, 2.24) is 4.90 Å². The topological polar surface area (TPSA) is 40.5 Å². The Labute approximate surface area is 97.2 Å². The molecule has 0 unspecified atom stereocenters. The van der Waals surface area contributed by atoms with Gasteiger partial charge in [0.25, 0.3) is 0 Å². The number of hydrogen-bond acceptors (Lipinski definition) is 3. The molecule has 0 amide bonds. The molecule has 90 valence electrons. The van der Waals surface area contributed by atoms with E-state index in [1.807, 2.05) is 11.8 Å². The zero-order valence-corrected chi connectivity index (χ0v) is 11.1. The second-order valence-electron chi connectivity index (χ2n) is 4.65. The average Bonchev–Trinajstić information content (AvgIpc) is 2.08. The van der Waals surface area contributed by atoms with E-state index < -0.39 is 5.97 Å². The van der Waals surface area contributed by atoms with Gasteiger partial charge in [0.1, 0.15) is 0 Å². The fourth-order valence-corrected chi connectivity index (χ4v) is 1.83. The molecule has 0 saturated carbocycles. The summed E-state index contributed by atoms with van der Waals surface area (Å²) < 4.78 is 0. The Morgan fingerprint density at radius 2 is 1.93 bits per heavy atom. The molecule has 0 rings (SSSR count). The molecule has 0 aliphatic carbocycles. The van der Waals surface area contributed by atoms with Crippen molar-refractivity contribution in [3.63, 3.8) is 0 Å². The number of rotatable bonds is 7. The predicted octanol–water partition coefficient (Wildman–Crippen LogP) is 2.31. The lowest BCUT2D eigenvalue weighted by molar-refractivity contribution is -0.137. The van der Waals surface area contributed by atoms with Gasteiger partial charge in [0.05, 0.1) is 6.42 Å². The number of thioether (sulfide) groups is 1. The van der Waals surface area contributed by atoms with Crippen LogP contribution in [0.1, 0.15) is 33.6 Å². The zero-order valence-electron chi connectivity index (χ0n) is 10.2. The zero-order chi connectivity index (χ0) is 11.9. The Balaban J connectivity index is 4.02. The molecule has 0 radical (unpaired) electrons. The lowest BCUT2D eigenvalue weighted by Gasteiger charge is -2.35. The quantitative estimate of drug-likeness (QED) is 0.685. The Hall–Kier alpha value is -0.220. The minimum atomic E-state index is -0.714. The van der Waals surface area contributed by atoms with Crippen molar-refractivity contribution in [2.45, 2.75) is 39.2 Å². The number of carbonyl (C=O) groups is 1. The lowest BCUT2D eigenvalue weighted by Crippen LogP contribution is -2.43. The van der Waals surface area contributed by atoms with Crippen molar-refractivity contribution >= 4 is 17.7 Å². The highest BCUT2D eigenvalue weighted by Crippen LogP contribution is 2.14. The van der Waals surface area contributed by atoms with E-state index >= 15 is 0 Å². The molecular formula is C11H23NO2S. The molecule has 0 saturated heterocycles. The largest absolute Gasteiger partial charge is 0.481 e. The third kappa shape index (κ3) is 7.68. The van der Waals surface area contributed by atoms with Crippen molar-refractivity contribution in [2.24, 2.45) is 0 Å². The van der Waals surface area contributed by atoms with Gasteiger partial charge in [0.15, 0.2) is 0 Å². The molecule has 0 fully saturated rings. The summed E-state index contributed by atoms with van der Waals surface area (Å²) in [7, 11) is 0. The summed E-state index contributed by atoms with van der Waals surface area (Å²) in [6.45, 7) is 8.03. The van der Waals surface area contributed by atoms with Gasteiger partial charge in [-0.3, -0.25) is 9.69 Å². The summed E-state index contributed by atoms with van der Waals surface area (Å²) >= 11 is 1.84. The highest BCUT2D eigenvalue weighted by Gasteiger charge is 2.20. The molecule has 0 aromatic rings. The predicted molar refractivity (Wildman–Crippen MR) is 66.6 cm³/mol. The Bertz CT molecular complexity index is 190. The van der Waals surface area contributed by atoms with Gasteiger partial charge in [-0.1, -0.05) is 0 Å². The molecule has 4 heteroatoms. The number of carboxylic acid groups (broad SMARTS) is 1. The molecule has 3 nitrogen and oxygen atoms in total. The molecule has 0 aromatic heterocycles. The van der Waals surface area contributed by atoms with E-state index in [1.54, 1.807) is 0 Å². The van der Waals surface area contributed by atoms with Crippen LogP contribution < -0.4 is 0 Å². The highest BCUT2D eigenvalue weighted by molar-refractivity contribution is 7.98. The summed E-state index contributed by atoms with van der Waals surface area (Å²) in [5, 5.41) is 8.67. The van der Waals surface area contributed by atoms with Crippen molar-refractivity contribution in [3.05, 3.63) is 0 Å². The fourth-order valence-electron chi connectivity index (χ4n) is 1.41. The van der Waals surface area contributed by atoms with Crippen molar-refractivity contribution in [2.75, 3.05) is 25.1 Å². The van der Waals surface area contributed by atoms with Gasteiger partial charge in [0, 0.05) is 12.1 Å². The maximum Gasteiger partial charge on any atom is 0.304 e. The first-order valence-electron chi connectivity index (χ1n) is 5.33. The minimum absolute atomic E-state index is 0.0634. The third-order valence-corrected chi connectivity index (χ3v) is 3.02. The number of hydrogen-bond donors (Lipinski definition) is 1. The van der Waals surface area contributed by atoms with Crippen LogP contribution in [0.25, 0.3) is 0 Å². The summed E-state index contributed by atoms with van der Waals surface area (Å²) in [5.74, 6) is 0.425. The highest BCUT2D eigenvalue weighted by atomic mass is 32.2. The van der Waals surface area contributed by atoms with E-state index in [-0.39, 0.29) is 12.0 Å². The smallest absolute Gasteiger partial charge is 0.304 e. The molecule has 0 bridgehead atoms. The summed E-state index contributed by atoms with van der Waals surface area (Å²) in [6.07, 6.45) is 3.45. The molecule has 0 aliphatic rings. The van der Waals surface area contributed by atoms with Crippen LogP contribution in [-0.4, -0.2) is 46.6 Å². The van der Waals surface area contributed by atoms with E-state index in [1.165, 1.54) is 0 Å². The summed E-state index contributed by atoms with van der Waals surface area (Å²) in [5.41, 5.74) is 0.0634. The van der Waals surface area contributed by atoms with Crippen LogP contribution in [0.3, 0.4) is 0 Å². The summed E-state index contributed by atoms with van der Waals surface area (Å²) in [4.78, 5) is 12.8. The first-order chi connectivity index (χ1) is 6.88. The monoisotopic (exact) mass is 233 g/mol. The standard InChI is InChI=1S/C11H23NO2S/c1-11(2,3)12(7-5-9-15-4)8-6-10(13)14/h5-9H2,1-4H3,(H,13,14). The van der Waals surface area contributed by atoms with Gasteiger partial charge < -0.3 is 5.11 Å². The molecule has 15 heavy (non-hydrogen) atoms. The van der Waals surface area contributed by atoms with Crippen LogP contribution in [0.5, 0.6) is 0 Å². The first kappa shape index (κ1) is 14.8. The lowest BCUT2D eigenvalue weighted by atomic mass is 10.1. The molecule has 0 atom stereocenters. The summed E-state index contributed by atoms with van der Waals surface area (Å²) in [6, 6.07) is 0. The Morgan fingerprint density at radius 3 is 2.33 bits per heavy atom. The molecule has 0 spiro atoms. The van der Waals surface area contributed by atoms with Crippen LogP contribution in [0, 0.1) is 0 Å². The van der Waals surface area contributed by atoms with Crippen molar-refractivity contribution < 1.29 is 9.90 Å². The SMILES string of the molecule is CSCCCN(CCC(=O)O)C(C)(C)C. The van der Waals surface area contributed by atoms with Gasteiger partial charge in [-0.05, 0) is 45.7 Å². The Kier molecular flexibility index (Phi) is 7.02. The average molecular weight is 233 g/mol. The first-order valence-corrected chi connectivity index (χ1v) is 6.73. The number of nitrogens with zero attached hydrogens (tertiary/aromatic N) is 1. The number of aliphatic carboxylic acids is 1. The molecule has 0 aromatic carbocycles. The molecule has 1 N–H and O–H groups in total. The van der Waals surface area contributed by atoms with Gasteiger partial charge in [-0.15, -0.1) is 0 Å². The maximum absolute atomic E-state index is 10.5. The minimum Gasteiger partial charge on any atom is -0.481 e. The van der Waals surface area contributed by atoms with Crippen LogP contribution in [0.4, 0.5) is 0 Å². The fraction of sp³-hybridized carbons (Fsp3) is 0.909. The van der Waals surface area contributed by atoms with Crippen LogP contribution in [-0.2, 0) is 4.79 Å².